The average molecular weight is 433 g/mol. The van der Waals surface area contributed by atoms with Crippen LogP contribution < -0.4 is 4.80 Å². The van der Waals surface area contributed by atoms with E-state index in [1.54, 1.807) is 7.11 Å². The lowest BCUT2D eigenvalue weighted by molar-refractivity contribution is -0.117. The third-order valence-electron chi connectivity index (χ3n) is 4.17. The molecule has 1 amide bonds. The standard InChI is InChI=1S/C20H21BrN2O2S/c1-3-14-4-6-15(7-5-14)12-19(24)22-20-23(10-11-25-2)17-9-8-16(21)13-18(17)26-20/h4-9,13H,3,10-12H2,1-2H3. The van der Waals surface area contributed by atoms with Crippen molar-refractivity contribution < 1.29 is 9.53 Å². The van der Waals surface area contributed by atoms with Crippen LogP contribution in [0, 0.1) is 0 Å². The fourth-order valence-corrected chi connectivity index (χ4v) is 4.37. The second-order valence-electron chi connectivity index (χ2n) is 5.99. The summed E-state index contributed by atoms with van der Waals surface area (Å²) in [5.74, 6) is -0.133. The largest absolute Gasteiger partial charge is 0.383 e. The van der Waals surface area contributed by atoms with Crippen molar-refractivity contribution in [1.29, 1.82) is 0 Å². The number of benzene rings is 2. The smallest absolute Gasteiger partial charge is 0.252 e. The van der Waals surface area contributed by atoms with E-state index in [0.717, 1.165) is 26.7 Å². The Kier molecular flexibility index (Phi) is 6.40. The Bertz CT molecular complexity index is 974. The molecule has 0 N–H and O–H groups in total. The molecule has 0 bridgehead atoms. The predicted octanol–water partition coefficient (Wildman–Crippen LogP) is 4.34. The summed E-state index contributed by atoms with van der Waals surface area (Å²) in [6.45, 7) is 3.35. The molecule has 0 aliphatic heterocycles. The monoisotopic (exact) mass is 432 g/mol. The molecule has 6 heteroatoms. The average Bonchev–Trinajstić information content (AvgIpc) is 2.96. The van der Waals surface area contributed by atoms with E-state index in [2.05, 4.69) is 46.0 Å². The molecule has 26 heavy (non-hydrogen) atoms. The van der Waals surface area contributed by atoms with Crippen LogP contribution in [-0.2, 0) is 28.9 Å². The zero-order chi connectivity index (χ0) is 18.5. The van der Waals surface area contributed by atoms with E-state index in [-0.39, 0.29) is 5.91 Å². The van der Waals surface area contributed by atoms with E-state index in [9.17, 15) is 4.79 Å². The molecule has 3 aromatic rings. The maximum Gasteiger partial charge on any atom is 0.252 e. The number of carbonyl (C=O) groups is 1. The summed E-state index contributed by atoms with van der Waals surface area (Å²) in [5.41, 5.74) is 3.32. The fourth-order valence-electron chi connectivity index (χ4n) is 2.74. The van der Waals surface area contributed by atoms with Gasteiger partial charge >= 0.3 is 0 Å². The number of thiazole rings is 1. The highest BCUT2D eigenvalue weighted by Crippen LogP contribution is 2.22. The Hall–Kier alpha value is -1.76. The molecule has 0 radical (unpaired) electrons. The van der Waals surface area contributed by atoms with Crippen LogP contribution in [-0.4, -0.2) is 24.2 Å². The van der Waals surface area contributed by atoms with Crippen LogP contribution in [0.15, 0.2) is 51.9 Å². The Morgan fingerprint density at radius 1 is 1.19 bits per heavy atom. The molecule has 0 spiro atoms. The highest BCUT2D eigenvalue weighted by atomic mass is 79.9. The number of carbonyl (C=O) groups excluding carboxylic acids is 1. The lowest BCUT2D eigenvalue weighted by Crippen LogP contribution is -2.19. The first-order valence-electron chi connectivity index (χ1n) is 8.54. The van der Waals surface area contributed by atoms with Crippen molar-refractivity contribution in [2.75, 3.05) is 13.7 Å². The summed E-state index contributed by atoms with van der Waals surface area (Å²) < 4.78 is 9.37. The lowest BCUT2D eigenvalue weighted by atomic mass is 10.1. The van der Waals surface area contributed by atoms with Gasteiger partial charge in [-0.05, 0) is 35.7 Å². The van der Waals surface area contributed by atoms with Crippen LogP contribution in [0.25, 0.3) is 10.2 Å². The lowest BCUT2D eigenvalue weighted by Gasteiger charge is -2.04. The molecular formula is C20H21BrN2O2S. The predicted molar refractivity (Wildman–Crippen MR) is 109 cm³/mol. The number of fused-ring (bicyclic) bond motifs is 1. The van der Waals surface area contributed by atoms with Crippen LogP contribution in [0.3, 0.4) is 0 Å². The first-order chi connectivity index (χ1) is 12.6. The van der Waals surface area contributed by atoms with Crippen LogP contribution in [0.4, 0.5) is 0 Å². The molecule has 0 saturated heterocycles. The summed E-state index contributed by atoms with van der Waals surface area (Å²) in [5, 5.41) is 0. The molecule has 0 saturated carbocycles. The number of hydrogen-bond donors (Lipinski definition) is 0. The third kappa shape index (κ3) is 4.50. The number of ether oxygens (including phenoxy) is 1. The van der Waals surface area contributed by atoms with E-state index >= 15 is 0 Å². The second-order valence-corrected chi connectivity index (χ2v) is 7.92. The van der Waals surface area contributed by atoms with Gasteiger partial charge in [0.15, 0.2) is 4.80 Å². The fraction of sp³-hybridized carbons (Fsp3) is 0.300. The van der Waals surface area contributed by atoms with Crippen molar-refractivity contribution in [1.82, 2.24) is 4.57 Å². The Labute approximate surface area is 165 Å². The van der Waals surface area contributed by atoms with Crippen LogP contribution in [0.2, 0.25) is 0 Å². The molecule has 0 unspecified atom stereocenters. The summed E-state index contributed by atoms with van der Waals surface area (Å²) >= 11 is 5.02. The molecule has 1 heterocycles. The van der Waals surface area contributed by atoms with Gasteiger partial charge in [-0.2, -0.15) is 4.99 Å². The zero-order valence-corrected chi connectivity index (χ0v) is 17.3. The highest BCUT2D eigenvalue weighted by molar-refractivity contribution is 9.10. The van der Waals surface area contributed by atoms with Gasteiger partial charge in [-0.15, -0.1) is 0 Å². The van der Waals surface area contributed by atoms with Crippen LogP contribution in [0.1, 0.15) is 18.1 Å². The minimum atomic E-state index is -0.133. The van der Waals surface area contributed by atoms with Crippen LogP contribution >= 0.6 is 27.3 Å². The number of hydrogen-bond acceptors (Lipinski definition) is 3. The van der Waals surface area contributed by atoms with E-state index in [0.29, 0.717) is 24.4 Å². The number of rotatable bonds is 6. The van der Waals surface area contributed by atoms with E-state index < -0.39 is 0 Å². The van der Waals surface area contributed by atoms with E-state index in [1.165, 1.54) is 16.9 Å². The van der Waals surface area contributed by atoms with Gasteiger partial charge in [0.05, 0.1) is 23.2 Å². The summed E-state index contributed by atoms with van der Waals surface area (Å²) in [6.07, 6.45) is 1.31. The van der Waals surface area contributed by atoms with Gasteiger partial charge in [0, 0.05) is 18.1 Å². The number of aromatic nitrogens is 1. The van der Waals surface area contributed by atoms with Gasteiger partial charge in [-0.1, -0.05) is 58.5 Å². The summed E-state index contributed by atoms with van der Waals surface area (Å²) in [7, 11) is 1.67. The number of methoxy groups -OCH3 is 1. The van der Waals surface area contributed by atoms with Crippen LogP contribution in [0.5, 0.6) is 0 Å². The van der Waals surface area contributed by atoms with Crippen molar-refractivity contribution in [3.63, 3.8) is 0 Å². The van der Waals surface area contributed by atoms with Crippen molar-refractivity contribution in [2.45, 2.75) is 26.3 Å². The molecule has 0 aliphatic rings. The SMILES string of the molecule is CCc1ccc(CC(=O)N=c2sc3cc(Br)ccc3n2CCOC)cc1. The van der Waals surface area contributed by atoms with Gasteiger partial charge in [-0.3, -0.25) is 4.79 Å². The number of halogens is 1. The number of nitrogens with zero attached hydrogens (tertiary/aromatic N) is 2. The van der Waals surface area contributed by atoms with Gasteiger partial charge in [0.2, 0.25) is 0 Å². The normalized spacial score (nSPS) is 12.0. The molecule has 136 valence electrons. The van der Waals surface area contributed by atoms with Crippen molar-refractivity contribution in [3.05, 3.63) is 62.9 Å². The quantitative estimate of drug-likeness (QED) is 0.581. The third-order valence-corrected chi connectivity index (χ3v) is 5.71. The molecule has 3 rings (SSSR count). The van der Waals surface area contributed by atoms with Crippen molar-refractivity contribution in [2.24, 2.45) is 4.99 Å². The van der Waals surface area contributed by atoms with Gasteiger partial charge < -0.3 is 9.30 Å². The first kappa shape index (κ1) is 19.0. The molecule has 4 nitrogen and oxygen atoms in total. The molecule has 2 aromatic carbocycles. The highest BCUT2D eigenvalue weighted by Gasteiger charge is 2.09. The summed E-state index contributed by atoms with van der Waals surface area (Å²) in [6, 6.07) is 14.2. The van der Waals surface area contributed by atoms with Crippen molar-refractivity contribution >= 4 is 43.4 Å². The Morgan fingerprint density at radius 3 is 2.62 bits per heavy atom. The van der Waals surface area contributed by atoms with E-state index in [1.807, 2.05) is 28.8 Å². The van der Waals surface area contributed by atoms with Gasteiger partial charge in [0.25, 0.3) is 5.91 Å². The topological polar surface area (TPSA) is 43.6 Å². The minimum absolute atomic E-state index is 0.133. The second kappa shape index (κ2) is 8.75. The van der Waals surface area contributed by atoms with Gasteiger partial charge in [-0.25, -0.2) is 0 Å². The molecule has 0 aliphatic carbocycles. The molecule has 0 fully saturated rings. The maximum atomic E-state index is 12.5. The molecule has 1 aromatic heterocycles. The van der Waals surface area contributed by atoms with E-state index in [4.69, 9.17) is 4.74 Å². The first-order valence-corrected chi connectivity index (χ1v) is 10.1. The maximum absolute atomic E-state index is 12.5. The van der Waals surface area contributed by atoms with Gasteiger partial charge in [0.1, 0.15) is 0 Å². The Balaban J connectivity index is 1.92. The molecule has 0 atom stereocenters. The molecular weight excluding hydrogens is 412 g/mol. The number of aryl methyl sites for hydroxylation is 1. The summed E-state index contributed by atoms with van der Waals surface area (Å²) in [4.78, 5) is 17.6. The van der Waals surface area contributed by atoms with Crippen molar-refractivity contribution in [3.8, 4) is 0 Å². The Morgan fingerprint density at radius 2 is 1.92 bits per heavy atom. The minimum Gasteiger partial charge on any atom is -0.383 e. The zero-order valence-electron chi connectivity index (χ0n) is 14.9. The number of amides is 1.